The van der Waals surface area contributed by atoms with Gasteiger partial charge in [0, 0.05) is 29.6 Å². The van der Waals surface area contributed by atoms with E-state index < -0.39 is 82.1 Å². The number of thiazole rings is 1. The summed E-state index contributed by atoms with van der Waals surface area (Å²) in [5.41, 5.74) is -1.48. The second-order valence-corrected chi connectivity index (χ2v) is 19.2. The van der Waals surface area contributed by atoms with Gasteiger partial charge in [0.05, 0.1) is 5.54 Å². The first-order valence-electron chi connectivity index (χ1n) is 20.9. The van der Waals surface area contributed by atoms with E-state index in [9.17, 15) is 42.0 Å². The molecule has 2 saturated heterocycles. The highest BCUT2D eigenvalue weighted by Gasteiger charge is 2.58. The number of amidine groups is 1. The van der Waals surface area contributed by atoms with Crippen LogP contribution in [0.4, 0.5) is 14.7 Å². The summed E-state index contributed by atoms with van der Waals surface area (Å²) in [4.78, 5) is 77.6. The molecule has 0 radical (unpaired) electrons. The highest BCUT2D eigenvalue weighted by molar-refractivity contribution is 7.80. The van der Waals surface area contributed by atoms with Gasteiger partial charge in [0.25, 0.3) is 17.9 Å². The number of anilines is 1. The van der Waals surface area contributed by atoms with Crippen LogP contribution in [0, 0.1) is 12.3 Å². The summed E-state index contributed by atoms with van der Waals surface area (Å²) in [6.07, 6.45) is -4.03. The normalized spacial score (nSPS) is 17.4. The first kappa shape index (κ1) is 50.3. The van der Waals surface area contributed by atoms with Gasteiger partial charge >= 0.3 is 28.6 Å². The zero-order valence-electron chi connectivity index (χ0n) is 37.6. The van der Waals surface area contributed by atoms with Crippen LogP contribution in [0.25, 0.3) is 0 Å². The molecule has 1 aromatic heterocycles. The molecule has 3 aromatic carbocycles. The average Bonchev–Trinajstić information content (AvgIpc) is 3.90. The topological polar surface area (TPSA) is 298 Å². The molecule has 2 aliphatic rings. The third kappa shape index (κ3) is 12.8. The number of carbonyl (C=O) groups excluding carboxylic acids is 4. The van der Waals surface area contributed by atoms with Gasteiger partial charge in [0.2, 0.25) is 0 Å². The second kappa shape index (κ2) is 20.8. The van der Waals surface area contributed by atoms with Gasteiger partial charge in [-0.2, -0.15) is 13.5 Å². The monoisotopic (exact) mass is 978 g/mol. The largest absolute Gasteiger partial charge is 0.489 e. The molecule has 24 heteroatoms. The lowest BCUT2D eigenvalue weighted by Gasteiger charge is -2.50. The number of hydrogen-bond acceptors (Lipinski definition) is 16. The van der Waals surface area contributed by atoms with Crippen LogP contribution in [-0.4, -0.2) is 124 Å². The maximum absolute atomic E-state index is 14.3. The number of hydroxylamine groups is 2. The van der Waals surface area contributed by atoms with E-state index in [2.05, 4.69) is 30.4 Å². The standard InChI is InChI=1S/C44H50N8O14S2/c1-25-32(47-40(67-25)49-41(56)64-43(2,3)4)33(37(53)48-35-38(54)52(44(35,5)6)66-68(59,60)61)50-65-31(39(55)63-34(26-13-9-7-10-14-26)27-15-11-8-12-16-27)24-62-30-19-17-28(18-20-30)36(45)46-29-21-22-51(23-29)42(57)58/h7-20,29,31,34-35H,21-24H2,1-6H3,(H2,45,46)(H,48,53)(H,57,58)(H,47,49,56)(H,59,60,61)/b50-33-/t29-,31?,35+/m0/s1. The molecule has 6 rings (SSSR count). The van der Waals surface area contributed by atoms with E-state index in [4.69, 9.17) is 24.5 Å². The minimum atomic E-state index is -5.13. The number of amides is 4. The smallest absolute Gasteiger partial charge is 0.418 e. The highest BCUT2D eigenvalue weighted by atomic mass is 32.3. The van der Waals surface area contributed by atoms with E-state index in [1.54, 1.807) is 100 Å². The molecule has 2 aliphatic heterocycles. The molecular formula is C44H50N8O14S2. The van der Waals surface area contributed by atoms with Crippen molar-refractivity contribution in [3.05, 3.63) is 112 Å². The van der Waals surface area contributed by atoms with Gasteiger partial charge in [-0.15, -0.1) is 15.6 Å². The summed E-state index contributed by atoms with van der Waals surface area (Å²) in [7, 11) is -5.13. The molecule has 1 unspecified atom stereocenters. The number of aromatic nitrogens is 1. The lowest BCUT2D eigenvalue weighted by Crippen LogP contribution is -2.76. The van der Waals surface area contributed by atoms with Crippen LogP contribution >= 0.6 is 11.3 Å². The Kier molecular flexibility index (Phi) is 15.4. The molecule has 0 spiro atoms. The van der Waals surface area contributed by atoms with Gasteiger partial charge in [-0.05, 0) is 83.4 Å². The fourth-order valence-corrected chi connectivity index (χ4v) is 8.19. The van der Waals surface area contributed by atoms with E-state index >= 15 is 0 Å². The Morgan fingerprint density at radius 1 is 0.985 bits per heavy atom. The predicted molar refractivity (Wildman–Crippen MR) is 244 cm³/mol. The Morgan fingerprint density at radius 2 is 1.60 bits per heavy atom. The van der Waals surface area contributed by atoms with Crippen LogP contribution in [0.15, 0.2) is 90.1 Å². The van der Waals surface area contributed by atoms with Crippen molar-refractivity contribution in [3.8, 4) is 5.75 Å². The van der Waals surface area contributed by atoms with Crippen molar-refractivity contribution in [1.82, 2.24) is 25.6 Å². The minimum absolute atomic E-state index is 0.0231. The second-order valence-electron chi connectivity index (χ2n) is 17.0. The van der Waals surface area contributed by atoms with Crippen molar-refractivity contribution in [3.63, 3.8) is 0 Å². The van der Waals surface area contributed by atoms with E-state index in [0.29, 0.717) is 39.6 Å². The Bertz CT molecular complexity index is 2620. The van der Waals surface area contributed by atoms with Crippen molar-refractivity contribution in [1.29, 1.82) is 5.41 Å². The number of nitrogens with one attached hydrogen (secondary N) is 4. The van der Waals surface area contributed by atoms with Crippen molar-refractivity contribution < 1.29 is 65.4 Å². The first-order chi connectivity index (χ1) is 32.0. The number of carboxylic acid groups (broad SMARTS) is 1. The Hall–Kier alpha value is -7.15. The number of β-lactam (4-membered cyclic amide) rings is 1. The fraction of sp³-hybridized carbons (Fsp3) is 0.364. The summed E-state index contributed by atoms with van der Waals surface area (Å²) < 4.78 is 54.1. The lowest BCUT2D eigenvalue weighted by molar-refractivity contribution is -0.218. The van der Waals surface area contributed by atoms with E-state index in [0.717, 1.165) is 11.3 Å². The van der Waals surface area contributed by atoms with Crippen LogP contribution < -0.4 is 20.7 Å². The zero-order valence-corrected chi connectivity index (χ0v) is 39.3. The summed E-state index contributed by atoms with van der Waals surface area (Å²) in [6.45, 7) is 9.23. The Morgan fingerprint density at radius 3 is 2.15 bits per heavy atom. The van der Waals surface area contributed by atoms with Gasteiger partial charge in [0.15, 0.2) is 16.9 Å². The van der Waals surface area contributed by atoms with Crippen molar-refractivity contribution in [2.45, 2.75) is 83.4 Å². The third-order valence-electron chi connectivity index (χ3n) is 10.3. The molecule has 22 nitrogen and oxygen atoms in total. The van der Waals surface area contributed by atoms with Crippen molar-refractivity contribution in [2.75, 3.05) is 25.0 Å². The molecular weight excluding hydrogens is 929 g/mol. The van der Waals surface area contributed by atoms with E-state index in [1.807, 2.05) is 0 Å². The van der Waals surface area contributed by atoms with Gasteiger partial charge < -0.3 is 39.7 Å². The average molecular weight is 979 g/mol. The Balaban J connectivity index is 1.31. The van der Waals surface area contributed by atoms with Crippen molar-refractivity contribution in [2.24, 2.45) is 5.16 Å². The number of aryl methyl sites for hydroxylation is 1. The number of esters is 1. The van der Waals surface area contributed by atoms with Crippen LogP contribution in [-0.2, 0) is 43.4 Å². The van der Waals surface area contributed by atoms with Gasteiger partial charge in [-0.1, -0.05) is 65.8 Å². The maximum atomic E-state index is 14.3. The summed E-state index contributed by atoms with van der Waals surface area (Å²) in [5.74, 6) is -2.86. The SMILES string of the molecule is Cc1sc(NC(=O)OC(C)(C)C)nc1/C(=N/OC(COc1ccc(C(=N)N[C@H]2CCN(C(=O)O)C2)cc1)C(=O)OC(c1ccccc1)c1ccccc1)C(=O)N[C@@H]1C(=O)N(OS(=O)(=O)O)C1(C)C. The molecule has 0 aliphatic carbocycles. The fourth-order valence-electron chi connectivity index (χ4n) is 6.94. The van der Waals surface area contributed by atoms with Crippen molar-refractivity contribution >= 4 is 68.4 Å². The van der Waals surface area contributed by atoms with E-state index in [1.165, 1.54) is 30.9 Å². The van der Waals surface area contributed by atoms with Crippen LogP contribution in [0.5, 0.6) is 5.75 Å². The minimum Gasteiger partial charge on any atom is -0.489 e. The molecule has 6 N–H and O–H groups in total. The van der Waals surface area contributed by atoms with Crippen LogP contribution in [0.1, 0.15) is 74.4 Å². The first-order valence-corrected chi connectivity index (χ1v) is 23.1. The summed E-state index contributed by atoms with van der Waals surface area (Å²) >= 11 is 0.934. The number of hydrogen-bond donors (Lipinski definition) is 6. The molecule has 68 heavy (non-hydrogen) atoms. The Labute approximate surface area is 395 Å². The van der Waals surface area contributed by atoms with E-state index in [-0.39, 0.29) is 35.0 Å². The number of nitrogens with zero attached hydrogens (tertiary/aromatic N) is 4. The summed E-state index contributed by atoms with van der Waals surface area (Å²) in [6, 6.07) is 22.3. The molecule has 362 valence electrons. The number of rotatable bonds is 17. The molecule has 3 atom stereocenters. The molecule has 0 saturated carbocycles. The van der Waals surface area contributed by atoms with Gasteiger partial charge in [-0.3, -0.25) is 24.9 Å². The number of benzene rings is 3. The lowest BCUT2D eigenvalue weighted by atomic mass is 9.84. The zero-order chi connectivity index (χ0) is 49.6. The number of likely N-dealkylation sites (tertiary alicyclic amines) is 1. The number of carbonyl (C=O) groups is 5. The third-order valence-corrected chi connectivity index (χ3v) is 11.5. The van der Waals surface area contributed by atoms with Gasteiger partial charge in [-0.25, -0.2) is 19.4 Å². The molecule has 4 aromatic rings. The number of ether oxygens (including phenoxy) is 3. The maximum Gasteiger partial charge on any atom is 0.418 e. The van der Waals surface area contributed by atoms with Crippen LogP contribution in [0.3, 0.4) is 0 Å². The highest BCUT2D eigenvalue weighted by Crippen LogP contribution is 2.33. The number of oxime groups is 1. The molecule has 0 bridgehead atoms. The summed E-state index contributed by atoms with van der Waals surface area (Å²) in [5, 5.41) is 30.3. The van der Waals surface area contributed by atoms with Gasteiger partial charge in [0.1, 0.15) is 35.5 Å². The van der Waals surface area contributed by atoms with Crippen LogP contribution in [0.2, 0.25) is 0 Å². The predicted octanol–water partition coefficient (Wildman–Crippen LogP) is 4.81. The molecule has 2 fully saturated rings. The molecule has 4 amide bonds. The quantitative estimate of drug-likeness (QED) is 0.0207. The molecule has 3 heterocycles.